The van der Waals surface area contributed by atoms with Gasteiger partial charge in [-0.1, -0.05) is 24.3 Å². The van der Waals surface area contributed by atoms with Gasteiger partial charge in [-0.2, -0.15) is 0 Å². The summed E-state index contributed by atoms with van der Waals surface area (Å²) in [4.78, 5) is 28.2. The van der Waals surface area contributed by atoms with Crippen molar-refractivity contribution in [3.05, 3.63) is 94.8 Å². The second kappa shape index (κ2) is 7.83. The van der Waals surface area contributed by atoms with Crippen LogP contribution in [0.2, 0.25) is 0 Å². The Labute approximate surface area is 174 Å². The summed E-state index contributed by atoms with van der Waals surface area (Å²) in [6.07, 6.45) is 1.79. The van der Waals surface area contributed by atoms with Crippen molar-refractivity contribution in [2.45, 2.75) is 20.4 Å². The maximum atomic E-state index is 12.6. The molecule has 0 radical (unpaired) electrons. The molecule has 0 aliphatic rings. The molecule has 0 saturated carbocycles. The third-order valence-electron chi connectivity index (χ3n) is 5.13. The van der Waals surface area contributed by atoms with Crippen molar-refractivity contribution in [1.29, 1.82) is 0 Å². The Hall–Kier alpha value is -3.93. The number of carbonyl (C=O) groups is 2. The van der Waals surface area contributed by atoms with Gasteiger partial charge in [-0.3, -0.25) is 14.2 Å². The number of aromatic nitrogens is 2. The molecule has 0 spiro atoms. The topological polar surface area (TPSA) is 90.0 Å². The Morgan fingerprint density at radius 1 is 0.967 bits per heavy atom. The molecule has 0 unspecified atom stereocenters. The number of benzene rings is 3. The molecule has 4 rings (SSSR count). The molecule has 6 heteroatoms. The van der Waals surface area contributed by atoms with Gasteiger partial charge in [0.15, 0.2) is 0 Å². The van der Waals surface area contributed by atoms with Crippen molar-refractivity contribution in [3.8, 4) is 5.69 Å². The molecule has 3 aromatic carbocycles. The molecule has 30 heavy (non-hydrogen) atoms. The first-order valence-corrected chi connectivity index (χ1v) is 9.64. The predicted molar refractivity (Wildman–Crippen MR) is 117 cm³/mol. The minimum absolute atomic E-state index is 0.183. The van der Waals surface area contributed by atoms with Crippen molar-refractivity contribution < 1.29 is 9.59 Å². The number of amides is 2. The van der Waals surface area contributed by atoms with Crippen LogP contribution in [0.15, 0.2) is 67.0 Å². The van der Waals surface area contributed by atoms with E-state index in [1.54, 1.807) is 42.7 Å². The molecule has 4 aromatic rings. The Bertz CT molecular complexity index is 1260. The van der Waals surface area contributed by atoms with Crippen LogP contribution < -0.4 is 11.1 Å². The average molecular weight is 398 g/mol. The number of aryl methyl sites for hydroxylation is 2. The van der Waals surface area contributed by atoms with Crippen LogP contribution >= 0.6 is 0 Å². The van der Waals surface area contributed by atoms with Crippen molar-refractivity contribution in [2.24, 2.45) is 5.73 Å². The molecule has 150 valence electrons. The average Bonchev–Trinajstić information content (AvgIpc) is 3.17. The van der Waals surface area contributed by atoms with Gasteiger partial charge in [-0.15, -0.1) is 0 Å². The summed E-state index contributed by atoms with van der Waals surface area (Å²) in [5.41, 5.74) is 12.2. The third kappa shape index (κ3) is 3.80. The summed E-state index contributed by atoms with van der Waals surface area (Å²) in [5.74, 6) is -0.656. The summed E-state index contributed by atoms with van der Waals surface area (Å²) < 4.78 is 2.04. The second-order valence-corrected chi connectivity index (χ2v) is 7.35. The molecule has 0 fully saturated rings. The number of hydrogen-bond acceptors (Lipinski definition) is 3. The van der Waals surface area contributed by atoms with E-state index in [0.717, 1.165) is 27.8 Å². The lowest BCUT2D eigenvalue weighted by Gasteiger charge is -2.10. The number of hydrogen-bond donors (Lipinski definition) is 2. The van der Waals surface area contributed by atoms with Gasteiger partial charge in [-0.25, -0.2) is 4.98 Å². The highest BCUT2D eigenvalue weighted by Crippen LogP contribution is 2.23. The van der Waals surface area contributed by atoms with Crippen LogP contribution in [0.5, 0.6) is 0 Å². The first kappa shape index (κ1) is 19.4. The largest absolute Gasteiger partial charge is 0.366 e. The molecule has 1 aromatic heterocycles. The summed E-state index contributed by atoms with van der Waals surface area (Å²) in [7, 11) is 0. The van der Waals surface area contributed by atoms with E-state index >= 15 is 0 Å². The van der Waals surface area contributed by atoms with E-state index in [4.69, 9.17) is 5.73 Å². The number of primary amides is 1. The monoisotopic (exact) mass is 398 g/mol. The Morgan fingerprint density at radius 2 is 1.70 bits per heavy atom. The van der Waals surface area contributed by atoms with Gasteiger partial charge in [0.1, 0.15) is 6.33 Å². The number of rotatable bonds is 5. The quantitative estimate of drug-likeness (QED) is 0.537. The lowest BCUT2D eigenvalue weighted by molar-refractivity contribution is 0.0949. The molecule has 0 bridgehead atoms. The summed E-state index contributed by atoms with van der Waals surface area (Å²) in [6.45, 7) is 4.48. The first-order valence-electron chi connectivity index (χ1n) is 9.64. The molecule has 0 atom stereocenters. The minimum Gasteiger partial charge on any atom is -0.366 e. The second-order valence-electron chi connectivity index (χ2n) is 7.35. The lowest BCUT2D eigenvalue weighted by atomic mass is 10.1. The molecular weight excluding hydrogens is 376 g/mol. The van der Waals surface area contributed by atoms with Crippen LogP contribution in [0.1, 0.15) is 37.4 Å². The van der Waals surface area contributed by atoms with Gasteiger partial charge in [0.2, 0.25) is 5.91 Å². The molecule has 6 nitrogen and oxygen atoms in total. The van der Waals surface area contributed by atoms with Crippen LogP contribution in [0, 0.1) is 13.8 Å². The van der Waals surface area contributed by atoms with Crippen molar-refractivity contribution >= 4 is 22.8 Å². The van der Waals surface area contributed by atoms with Crippen molar-refractivity contribution in [1.82, 2.24) is 14.9 Å². The Morgan fingerprint density at radius 3 is 2.43 bits per heavy atom. The zero-order valence-corrected chi connectivity index (χ0v) is 16.8. The maximum absolute atomic E-state index is 12.6. The van der Waals surface area contributed by atoms with Gasteiger partial charge >= 0.3 is 0 Å². The van der Waals surface area contributed by atoms with E-state index in [2.05, 4.69) is 42.3 Å². The summed E-state index contributed by atoms with van der Waals surface area (Å²) in [6, 6.07) is 18.7. The molecule has 0 aliphatic carbocycles. The molecule has 0 aliphatic heterocycles. The highest BCUT2D eigenvalue weighted by molar-refractivity contribution is 5.97. The molecule has 1 heterocycles. The third-order valence-corrected chi connectivity index (χ3v) is 5.13. The fraction of sp³-hybridized carbons (Fsp3) is 0.125. The fourth-order valence-electron chi connectivity index (χ4n) is 3.40. The number of imidazole rings is 1. The number of carbonyl (C=O) groups excluding carboxylic acids is 2. The van der Waals surface area contributed by atoms with E-state index in [9.17, 15) is 9.59 Å². The zero-order chi connectivity index (χ0) is 21.3. The fourth-order valence-corrected chi connectivity index (χ4v) is 3.40. The number of fused-ring (bicyclic) bond motifs is 1. The van der Waals surface area contributed by atoms with Crippen molar-refractivity contribution in [2.75, 3.05) is 0 Å². The van der Waals surface area contributed by atoms with Crippen LogP contribution in [0.4, 0.5) is 0 Å². The normalized spacial score (nSPS) is 10.9. The molecular formula is C24H22N4O2. The maximum Gasteiger partial charge on any atom is 0.251 e. The number of nitrogens with zero attached hydrogens (tertiary/aromatic N) is 2. The Kier molecular flexibility index (Phi) is 5.06. The first-order chi connectivity index (χ1) is 14.4. The van der Waals surface area contributed by atoms with Gasteiger partial charge in [-0.05, 0) is 66.9 Å². The molecule has 3 N–H and O–H groups in total. The predicted octanol–water partition coefficient (Wildman–Crippen LogP) is 3.67. The highest BCUT2D eigenvalue weighted by atomic mass is 16.2. The highest BCUT2D eigenvalue weighted by Gasteiger charge is 2.11. The molecule has 2 amide bonds. The zero-order valence-electron chi connectivity index (χ0n) is 16.8. The number of nitrogens with one attached hydrogen (secondary N) is 1. The van der Waals surface area contributed by atoms with Gasteiger partial charge < -0.3 is 11.1 Å². The van der Waals surface area contributed by atoms with E-state index in [0.29, 0.717) is 17.7 Å². The van der Waals surface area contributed by atoms with Gasteiger partial charge in [0, 0.05) is 17.7 Å². The standard InChI is InChI=1S/C24H22N4O2/c1-15-3-4-16(2)22(11-15)28-14-27-20-12-19(9-10-21(20)28)24(30)26-13-17-5-7-18(8-6-17)23(25)29/h3-12,14H,13H2,1-2H3,(H2,25,29)(H,26,30). The lowest BCUT2D eigenvalue weighted by Crippen LogP contribution is -2.22. The molecule has 0 saturated heterocycles. The van der Waals surface area contributed by atoms with Gasteiger partial charge in [0.25, 0.3) is 5.91 Å². The van der Waals surface area contributed by atoms with E-state index < -0.39 is 5.91 Å². The smallest absolute Gasteiger partial charge is 0.251 e. The van der Waals surface area contributed by atoms with E-state index in [-0.39, 0.29) is 5.91 Å². The number of nitrogens with two attached hydrogens (primary N) is 1. The van der Waals surface area contributed by atoms with E-state index in [1.807, 2.05) is 10.6 Å². The van der Waals surface area contributed by atoms with Crippen LogP contribution in [0.25, 0.3) is 16.7 Å². The summed E-state index contributed by atoms with van der Waals surface area (Å²) >= 11 is 0. The SMILES string of the molecule is Cc1ccc(C)c(-n2cnc3cc(C(=O)NCc4ccc(C(N)=O)cc4)ccc32)c1. The van der Waals surface area contributed by atoms with Gasteiger partial charge in [0.05, 0.1) is 16.7 Å². The Balaban J connectivity index is 1.53. The minimum atomic E-state index is -0.473. The van der Waals surface area contributed by atoms with Crippen LogP contribution in [-0.2, 0) is 6.54 Å². The summed E-state index contributed by atoms with van der Waals surface area (Å²) in [5, 5.41) is 2.89. The van der Waals surface area contributed by atoms with Crippen molar-refractivity contribution in [3.63, 3.8) is 0 Å². The van der Waals surface area contributed by atoms with Crippen LogP contribution in [0.3, 0.4) is 0 Å². The van der Waals surface area contributed by atoms with Crippen LogP contribution in [-0.4, -0.2) is 21.4 Å². The van der Waals surface area contributed by atoms with E-state index in [1.165, 1.54) is 5.56 Å².